The molecule has 1 aliphatic carbocycles. The van der Waals surface area contributed by atoms with Crippen molar-refractivity contribution in [2.45, 2.75) is 44.2 Å². The van der Waals surface area contributed by atoms with Crippen LogP contribution in [0.2, 0.25) is 0 Å². The Morgan fingerprint density at radius 1 is 0.818 bits per heavy atom. The number of rotatable bonds is 2. The van der Waals surface area contributed by atoms with Gasteiger partial charge in [-0.3, -0.25) is 0 Å². The van der Waals surface area contributed by atoms with Gasteiger partial charge < -0.3 is 10.6 Å². The first-order valence-corrected chi connectivity index (χ1v) is 4.73. The Bertz CT molecular complexity index is 91.7. The van der Waals surface area contributed by atoms with E-state index in [1.165, 1.54) is 32.1 Å². The van der Waals surface area contributed by atoms with Crippen molar-refractivity contribution in [2.24, 2.45) is 0 Å². The summed E-state index contributed by atoms with van der Waals surface area (Å²) in [5.41, 5.74) is 0. The molecule has 0 saturated heterocycles. The van der Waals surface area contributed by atoms with Crippen LogP contribution in [0.1, 0.15) is 32.1 Å². The summed E-state index contributed by atoms with van der Waals surface area (Å²) in [6.07, 6.45) is 6.87. The van der Waals surface area contributed by atoms with Gasteiger partial charge in [0.05, 0.1) is 0 Å². The van der Waals surface area contributed by atoms with E-state index in [2.05, 4.69) is 24.7 Å². The molecule has 2 heteroatoms. The van der Waals surface area contributed by atoms with Crippen LogP contribution in [0.5, 0.6) is 0 Å². The zero-order valence-electron chi connectivity index (χ0n) is 7.69. The highest BCUT2D eigenvalue weighted by Gasteiger charge is 2.19. The molecule has 0 aromatic heterocycles. The highest BCUT2D eigenvalue weighted by molar-refractivity contribution is 4.82. The van der Waals surface area contributed by atoms with Crippen LogP contribution in [0.4, 0.5) is 0 Å². The van der Waals surface area contributed by atoms with Crippen molar-refractivity contribution in [2.75, 3.05) is 14.1 Å². The first-order chi connectivity index (χ1) is 5.38. The van der Waals surface area contributed by atoms with Gasteiger partial charge >= 0.3 is 0 Å². The van der Waals surface area contributed by atoms with E-state index in [4.69, 9.17) is 0 Å². The summed E-state index contributed by atoms with van der Waals surface area (Å²) in [5, 5.41) is 6.76. The topological polar surface area (TPSA) is 24.1 Å². The first kappa shape index (κ1) is 9.01. The van der Waals surface area contributed by atoms with Crippen LogP contribution in [0.3, 0.4) is 0 Å². The van der Waals surface area contributed by atoms with Gasteiger partial charge in [0.1, 0.15) is 0 Å². The molecule has 1 rings (SSSR count). The zero-order chi connectivity index (χ0) is 8.10. The van der Waals surface area contributed by atoms with Gasteiger partial charge in [-0.25, -0.2) is 0 Å². The van der Waals surface area contributed by atoms with Crippen molar-refractivity contribution < 1.29 is 0 Å². The third kappa shape index (κ3) is 2.46. The van der Waals surface area contributed by atoms with Crippen LogP contribution < -0.4 is 10.6 Å². The van der Waals surface area contributed by atoms with Crippen molar-refractivity contribution in [1.29, 1.82) is 0 Å². The van der Waals surface area contributed by atoms with Gasteiger partial charge in [-0.2, -0.15) is 0 Å². The van der Waals surface area contributed by atoms with Gasteiger partial charge in [-0.15, -0.1) is 0 Å². The van der Waals surface area contributed by atoms with E-state index < -0.39 is 0 Å². The molecule has 0 bridgehead atoms. The van der Waals surface area contributed by atoms with Crippen molar-refractivity contribution in [3.63, 3.8) is 0 Å². The summed E-state index contributed by atoms with van der Waals surface area (Å²) in [4.78, 5) is 0. The second-order valence-corrected chi connectivity index (χ2v) is 3.43. The van der Waals surface area contributed by atoms with Crippen molar-refractivity contribution in [3.8, 4) is 0 Å². The van der Waals surface area contributed by atoms with Crippen LogP contribution in [0.15, 0.2) is 0 Å². The fraction of sp³-hybridized carbons (Fsp3) is 1.00. The fourth-order valence-corrected chi connectivity index (χ4v) is 2.00. The second kappa shape index (κ2) is 4.73. The van der Waals surface area contributed by atoms with Gasteiger partial charge in [-0.05, 0) is 26.9 Å². The van der Waals surface area contributed by atoms with Crippen LogP contribution in [-0.2, 0) is 0 Å². The van der Waals surface area contributed by atoms with E-state index in [0.717, 1.165) is 0 Å². The van der Waals surface area contributed by atoms with Crippen LogP contribution in [0, 0.1) is 0 Å². The molecular weight excluding hydrogens is 136 g/mol. The highest BCUT2D eigenvalue weighted by Crippen LogP contribution is 2.17. The molecule has 0 spiro atoms. The Balaban J connectivity index is 2.41. The number of nitrogens with one attached hydrogen (secondary N) is 2. The van der Waals surface area contributed by atoms with Gasteiger partial charge in [-0.1, -0.05) is 19.3 Å². The molecule has 1 saturated carbocycles. The molecule has 0 aromatic carbocycles. The highest BCUT2D eigenvalue weighted by atomic mass is 15.0. The Hall–Kier alpha value is -0.0800. The quantitative estimate of drug-likeness (QED) is 0.586. The number of hydrogen-bond donors (Lipinski definition) is 2. The zero-order valence-corrected chi connectivity index (χ0v) is 7.69. The summed E-state index contributed by atoms with van der Waals surface area (Å²) in [6.45, 7) is 0. The lowest BCUT2D eigenvalue weighted by Gasteiger charge is -2.23. The Kier molecular flexibility index (Phi) is 3.87. The van der Waals surface area contributed by atoms with E-state index in [0.29, 0.717) is 12.1 Å². The molecule has 2 nitrogen and oxygen atoms in total. The first-order valence-electron chi connectivity index (χ1n) is 4.73. The largest absolute Gasteiger partial charge is 0.315 e. The third-order valence-corrected chi connectivity index (χ3v) is 2.76. The van der Waals surface area contributed by atoms with Gasteiger partial charge in [0.15, 0.2) is 0 Å². The predicted molar refractivity (Wildman–Crippen MR) is 48.8 cm³/mol. The minimum Gasteiger partial charge on any atom is -0.315 e. The molecule has 1 fully saturated rings. The summed E-state index contributed by atoms with van der Waals surface area (Å²) in [6, 6.07) is 1.39. The van der Waals surface area contributed by atoms with E-state index >= 15 is 0 Å². The van der Waals surface area contributed by atoms with E-state index in [-0.39, 0.29) is 0 Å². The monoisotopic (exact) mass is 156 g/mol. The Labute approximate surface area is 69.8 Å². The lowest BCUT2D eigenvalue weighted by molar-refractivity contribution is 0.389. The van der Waals surface area contributed by atoms with Gasteiger partial charge in [0.25, 0.3) is 0 Å². The number of hydrogen-bond acceptors (Lipinski definition) is 2. The van der Waals surface area contributed by atoms with Crippen molar-refractivity contribution >= 4 is 0 Å². The molecule has 0 aromatic rings. The maximum absolute atomic E-state index is 3.38. The average Bonchev–Trinajstić information content (AvgIpc) is 2.27. The number of likely N-dealkylation sites (N-methyl/N-ethyl adjacent to an activating group) is 2. The molecule has 66 valence electrons. The summed E-state index contributed by atoms with van der Waals surface area (Å²) in [7, 11) is 4.14. The summed E-state index contributed by atoms with van der Waals surface area (Å²) in [5.74, 6) is 0. The summed E-state index contributed by atoms with van der Waals surface area (Å²) >= 11 is 0. The molecule has 0 radical (unpaired) electrons. The normalized spacial score (nSPS) is 33.3. The van der Waals surface area contributed by atoms with Crippen molar-refractivity contribution in [3.05, 3.63) is 0 Å². The molecule has 1 aliphatic rings. The van der Waals surface area contributed by atoms with Gasteiger partial charge in [0.2, 0.25) is 0 Å². The maximum atomic E-state index is 3.38. The molecule has 2 N–H and O–H groups in total. The van der Waals surface area contributed by atoms with E-state index in [9.17, 15) is 0 Å². The molecule has 11 heavy (non-hydrogen) atoms. The van der Waals surface area contributed by atoms with Crippen molar-refractivity contribution in [1.82, 2.24) is 10.6 Å². The standard InChI is InChI=1S/C9H20N2/c1-10-8-6-4-3-5-7-9(8)11-2/h8-11H,3-7H2,1-2H3/t8-,9+. The van der Waals surface area contributed by atoms with E-state index in [1.807, 2.05) is 0 Å². The third-order valence-electron chi connectivity index (χ3n) is 2.76. The van der Waals surface area contributed by atoms with Crippen LogP contribution >= 0.6 is 0 Å². The lowest BCUT2D eigenvalue weighted by atomic mass is 10.0. The minimum atomic E-state index is 0.697. The van der Waals surface area contributed by atoms with Gasteiger partial charge in [0, 0.05) is 12.1 Å². The summed E-state index contributed by atoms with van der Waals surface area (Å²) < 4.78 is 0. The maximum Gasteiger partial charge on any atom is 0.0218 e. The lowest BCUT2D eigenvalue weighted by Crippen LogP contribution is -2.44. The molecule has 0 unspecified atom stereocenters. The average molecular weight is 156 g/mol. The molecule has 0 heterocycles. The van der Waals surface area contributed by atoms with Crippen LogP contribution in [0.25, 0.3) is 0 Å². The second-order valence-electron chi connectivity index (χ2n) is 3.43. The predicted octanol–water partition coefficient (Wildman–Crippen LogP) is 1.13. The fourth-order valence-electron chi connectivity index (χ4n) is 2.00. The molecule has 0 aliphatic heterocycles. The Morgan fingerprint density at radius 2 is 1.27 bits per heavy atom. The van der Waals surface area contributed by atoms with E-state index in [1.54, 1.807) is 0 Å². The molecule has 2 atom stereocenters. The SMILES string of the molecule is CN[C@H]1CCCCC[C@H]1NC. The Morgan fingerprint density at radius 3 is 1.64 bits per heavy atom. The molecular formula is C9H20N2. The van der Waals surface area contributed by atoms with Crippen LogP contribution in [-0.4, -0.2) is 26.2 Å². The minimum absolute atomic E-state index is 0.697. The molecule has 0 amide bonds. The smallest absolute Gasteiger partial charge is 0.0218 e.